The first-order chi connectivity index (χ1) is 14.2. The highest BCUT2D eigenvalue weighted by Gasteiger charge is 2.25. The Balaban J connectivity index is 1.59. The molecule has 146 valence electrons. The molecule has 0 atom stereocenters. The topological polar surface area (TPSA) is 57.8 Å². The second-order valence-electron chi connectivity index (χ2n) is 7.17. The van der Waals surface area contributed by atoms with E-state index in [1.165, 1.54) is 23.3 Å². The molecule has 0 unspecified atom stereocenters. The fourth-order valence-corrected chi connectivity index (χ4v) is 5.86. The predicted molar refractivity (Wildman–Crippen MR) is 122 cm³/mol. The van der Waals surface area contributed by atoms with Gasteiger partial charge in [-0.25, -0.2) is 4.98 Å². The van der Waals surface area contributed by atoms with E-state index < -0.39 is 0 Å². The van der Waals surface area contributed by atoms with Crippen LogP contribution in [0.15, 0.2) is 53.4 Å². The summed E-state index contributed by atoms with van der Waals surface area (Å²) in [5.41, 5.74) is 5.08. The van der Waals surface area contributed by atoms with Gasteiger partial charge in [0.25, 0.3) is 5.91 Å². The van der Waals surface area contributed by atoms with E-state index in [4.69, 9.17) is 4.98 Å². The lowest BCUT2D eigenvalue weighted by Gasteiger charge is -2.12. The van der Waals surface area contributed by atoms with Crippen LogP contribution in [0.5, 0.6) is 0 Å². The zero-order chi connectivity index (χ0) is 19.8. The number of carbonyl (C=O) groups is 1. The van der Waals surface area contributed by atoms with Crippen LogP contribution >= 0.6 is 23.1 Å². The van der Waals surface area contributed by atoms with Crippen LogP contribution in [0.4, 0.5) is 5.00 Å². The van der Waals surface area contributed by atoms with Gasteiger partial charge in [-0.05, 0) is 61.8 Å². The number of H-pyrrole nitrogens is 1. The lowest BCUT2D eigenvalue weighted by Crippen LogP contribution is -2.12. The van der Waals surface area contributed by atoms with Crippen molar-refractivity contribution in [2.75, 3.05) is 11.6 Å². The Bertz CT molecular complexity index is 1180. The van der Waals surface area contributed by atoms with Gasteiger partial charge in [0.2, 0.25) is 0 Å². The number of benzene rings is 2. The molecule has 1 amide bonds. The number of fused-ring (bicyclic) bond motifs is 2. The molecule has 4 aromatic rings. The molecule has 0 spiro atoms. The van der Waals surface area contributed by atoms with Gasteiger partial charge in [0.05, 0.1) is 22.2 Å². The van der Waals surface area contributed by atoms with E-state index >= 15 is 0 Å². The third kappa shape index (κ3) is 3.36. The summed E-state index contributed by atoms with van der Waals surface area (Å²) >= 11 is 3.29. The number of aromatic nitrogens is 2. The van der Waals surface area contributed by atoms with Gasteiger partial charge >= 0.3 is 0 Å². The third-order valence-corrected chi connectivity index (χ3v) is 7.38. The Kier molecular flexibility index (Phi) is 4.89. The third-order valence-electron chi connectivity index (χ3n) is 5.38. The Morgan fingerprint density at radius 1 is 1.10 bits per heavy atom. The van der Waals surface area contributed by atoms with E-state index in [-0.39, 0.29) is 5.91 Å². The molecule has 0 saturated heterocycles. The summed E-state index contributed by atoms with van der Waals surface area (Å²) in [4.78, 5) is 23.8. The average molecular weight is 420 g/mol. The normalized spacial score (nSPS) is 13.4. The highest BCUT2D eigenvalue weighted by atomic mass is 32.2. The second kappa shape index (κ2) is 7.69. The van der Waals surface area contributed by atoms with Gasteiger partial charge in [0.15, 0.2) is 0 Å². The molecule has 0 fully saturated rings. The monoisotopic (exact) mass is 419 g/mol. The van der Waals surface area contributed by atoms with Crippen molar-refractivity contribution >= 4 is 45.0 Å². The van der Waals surface area contributed by atoms with Crippen LogP contribution < -0.4 is 5.32 Å². The maximum absolute atomic E-state index is 13.1. The molecule has 0 saturated carbocycles. The summed E-state index contributed by atoms with van der Waals surface area (Å²) in [6.45, 7) is 0. The molecule has 6 heteroatoms. The van der Waals surface area contributed by atoms with E-state index in [1.54, 1.807) is 23.1 Å². The minimum Gasteiger partial charge on any atom is -0.338 e. The lowest BCUT2D eigenvalue weighted by atomic mass is 9.95. The number of amides is 1. The first-order valence-electron chi connectivity index (χ1n) is 9.78. The molecule has 2 N–H and O–H groups in total. The molecule has 2 aromatic carbocycles. The summed E-state index contributed by atoms with van der Waals surface area (Å²) < 4.78 is 0. The number of aryl methyl sites for hydroxylation is 1. The number of anilines is 1. The van der Waals surface area contributed by atoms with Crippen LogP contribution in [0, 0.1) is 0 Å². The van der Waals surface area contributed by atoms with E-state index in [9.17, 15) is 4.79 Å². The van der Waals surface area contributed by atoms with Crippen LogP contribution in [0.2, 0.25) is 0 Å². The second-order valence-corrected chi connectivity index (χ2v) is 9.13. The summed E-state index contributed by atoms with van der Waals surface area (Å²) in [6.07, 6.45) is 6.49. The zero-order valence-electron chi connectivity index (χ0n) is 16.1. The summed E-state index contributed by atoms with van der Waals surface area (Å²) in [7, 11) is 0. The number of nitrogens with one attached hydrogen (secondary N) is 2. The molecule has 5 rings (SSSR count). The first-order valence-corrected chi connectivity index (χ1v) is 11.8. The van der Waals surface area contributed by atoms with Gasteiger partial charge in [0, 0.05) is 9.77 Å². The fourth-order valence-electron chi connectivity index (χ4n) is 3.98. The average Bonchev–Trinajstić information content (AvgIpc) is 3.34. The first kappa shape index (κ1) is 18.5. The number of thiophene rings is 1. The number of hydrogen-bond donors (Lipinski definition) is 2. The molecule has 1 aliphatic carbocycles. The summed E-state index contributed by atoms with van der Waals surface area (Å²) in [5.74, 6) is 0.782. The van der Waals surface area contributed by atoms with Crippen molar-refractivity contribution in [1.29, 1.82) is 0 Å². The Morgan fingerprint density at radius 3 is 2.76 bits per heavy atom. The smallest absolute Gasteiger partial charge is 0.257 e. The zero-order valence-corrected chi connectivity index (χ0v) is 17.8. The van der Waals surface area contributed by atoms with Crippen LogP contribution in [0.3, 0.4) is 0 Å². The minimum atomic E-state index is -0.0640. The summed E-state index contributed by atoms with van der Waals surface area (Å²) in [6, 6.07) is 15.8. The van der Waals surface area contributed by atoms with E-state index in [1.807, 2.05) is 54.8 Å². The predicted octanol–water partition coefficient (Wildman–Crippen LogP) is 6.14. The van der Waals surface area contributed by atoms with Crippen LogP contribution in [-0.4, -0.2) is 22.1 Å². The molecule has 2 heterocycles. The van der Waals surface area contributed by atoms with Crippen molar-refractivity contribution < 1.29 is 4.79 Å². The van der Waals surface area contributed by atoms with Crippen molar-refractivity contribution in [1.82, 2.24) is 9.97 Å². The number of carbonyl (C=O) groups excluding carboxylic acids is 1. The van der Waals surface area contributed by atoms with Crippen molar-refractivity contribution in [2.45, 2.75) is 30.6 Å². The lowest BCUT2D eigenvalue weighted by molar-refractivity contribution is 0.102. The number of nitrogens with zero attached hydrogens (tertiary/aromatic N) is 1. The number of aromatic amines is 1. The van der Waals surface area contributed by atoms with Gasteiger partial charge in [-0.15, -0.1) is 23.1 Å². The van der Waals surface area contributed by atoms with Crippen LogP contribution in [-0.2, 0) is 12.8 Å². The molecular formula is C23H21N3OS2. The molecule has 0 aliphatic heterocycles. The largest absolute Gasteiger partial charge is 0.338 e. The van der Waals surface area contributed by atoms with Gasteiger partial charge in [-0.3, -0.25) is 4.79 Å². The fraction of sp³-hybridized carbons (Fsp3) is 0.217. The molecule has 2 aromatic heterocycles. The van der Waals surface area contributed by atoms with Gasteiger partial charge < -0.3 is 10.3 Å². The molecule has 29 heavy (non-hydrogen) atoms. The minimum absolute atomic E-state index is 0.0640. The van der Waals surface area contributed by atoms with Crippen molar-refractivity contribution in [3.05, 3.63) is 64.5 Å². The number of hydrogen-bond acceptors (Lipinski definition) is 4. The highest BCUT2D eigenvalue weighted by molar-refractivity contribution is 7.98. The van der Waals surface area contributed by atoms with Crippen LogP contribution in [0.25, 0.3) is 22.4 Å². The molecular weight excluding hydrogens is 398 g/mol. The number of rotatable bonds is 4. The van der Waals surface area contributed by atoms with E-state index in [2.05, 4.69) is 10.3 Å². The quantitative estimate of drug-likeness (QED) is 0.390. The molecule has 0 radical (unpaired) electrons. The summed E-state index contributed by atoms with van der Waals surface area (Å²) in [5, 5.41) is 4.11. The highest BCUT2D eigenvalue weighted by Crippen LogP contribution is 2.44. The van der Waals surface area contributed by atoms with Gasteiger partial charge in [0.1, 0.15) is 10.8 Å². The standard InChI is InChI=1S/C23H21N3OS2/c1-28-18-12-6-3-9-15(18)22(27)26-23-20(14-8-2-7-13-19(14)29-23)21-24-16-10-4-5-11-17(16)25-21/h3-6,9-12H,2,7-8,13H2,1H3,(H,24,25)(H,26,27). The van der Waals surface area contributed by atoms with Crippen LogP contribution in [0.1, 0.15) is 33.6 Å². The molecule has 1 aliphatic rings. The molecule has 4 nitrogen and oxygen atoms in total. The Morgan fingerprint density at radius 2 is 1.90 bits per heavy atom. The number of imidazole rings is 1. The van der Waals surface area contributed by atoms with E-state index in [0.717, 1.165) is 45.2 Å². The number of para-hydroxylation sites is 2. The van der Waals surface area contributed by atoms with Crippen molar-refractivity contribution in [2.24, 2.45) is 0 Å². The Labute approximate surface area is 177 Å². The SMILES string of the molecule is CSc1ccccc1C(=O)Nc1sc2c(c1-c1nc3ccccc3[nH]1)CCCC2. The van der Waals surface area contributed by atoms with Crippen molar-refractivity contribution in [3.8, 4) is 11.4 Å². The maximum atomic E-state index is 13.1. The Hall–Kier alpha value is -2.57. The van der Waals surface area contributed by atoms with Crippen molar-refractivity contribution in [3.63, 3.8) is 0 Å². The number of thioether (sulfide) groups is 1. The maximum Gasteiger partial charge on any atom is 0.257 e. The van der Waals surface area contributed by atoms with E-state index in [0.29, 0.717) is 5.56 Å². The molecule has 0 bridgehead atoms. The van der Waals surface area contributed by atoms with Gasteiger partial charge in [-0.1, -0.05) is 24.3 Å². The van der Waals surface area contributed by atoms with Gasteiger partial charge in [-0.2, -0.15) is 0 Å².